The molecular weight excluding hydrogens is 827 g/mol. The van der Waals surface area contributed by atoms with E-state index in [9.17, 15) is 5.48 Å². The number of furan rings is 1. The van der Waals surface area contributed by atoms with Crippen LogP contribution in [-0.2, 0) is 5.41 Å². The first kappa shape index (κ1) is 33.5. The highest BCUT2D eigenvalue weighted by Crippen LogP contribution is 2.56. The lowest BCUT2D eigenvalue weighted by molar-refractivity contribution is 0.669. The summed E-state index contributed by atoms with van der Waals surface area (Å²) in [7, 11) is 0. The molecule has 2 heterocycles. The summed E-state index contributed by atoms with van der Waals surface area (Å²) in [6.07, 6.45) is 0. The number of fused-ring (bicyclic) bond motifs is 6. The van der Waals surface area contributed by atoms with Crippen molar-refractivity contribution in [2.24, 2.45) is 0 Å². The van der Waals surface area contributed by atoms with E-state index in [1.165, 1.54) is 0 Å². The van der Waals surface area contributed by atoms with Crippen molar-refractivity contribution < 1.29 is 12.6 Å². The number of benzene rings is 10. The Kier molecular flexibility index (Phi) is 7.96. The first-order valence-corrected chi connectivity index (χ1v) is 22.6. The molecule has 68 heavy (non-hydrogen) atoms. The summed E-state index contributed by atoms with van der Waals surface area (Å²) in [5, 5.41) is 0.321. The van der Waals surface area contributed by atoms with Crippen LogP contribution in [0.25, 0.3) is 101 Å². The molecule has 1 aliphatic carbocycles. The molecule has 0 unspecified atom stereocenters. The smallest absolute Gasteiger partial charge is 0.164 e. The third-order valence-electron chi connectivity index (χ3n) is 13.2. The van der Waals surface area contributed by atoms with Gasteiger partial charge in [0.2, 0.25) is 0 Å². The van der Waals surface area contributed by atoms with Crippen LogP contribution in [0.15, 0.2) is 253 Å². The first-order chi connectivity index (χ1) is 36.2. The van der Waals surface area contributed by atoms with E-state index in [4.69, 9.17) is 22.1 Å². The van der Waals surface area contributed by atoms with E-state index >= 15 is 0 Å². The molecule has 0 radical (unpaired) electrons. The van der Waals surface area contributed by atoms with Gasteiger partial charge in [0, 0.05) is 27.5 Å². The molecule has 0 amide bonds. The summed E-state index contributed by atoms with van der Waals surface area (Å²) in [6.45, 7) is 0. The van der Waals surface area contributed by atoms with Crippen molar-refractivity contribution in [3.63, 3.8) is 0 Å². The third-order valence-corrected chi connectivity index (χ3v) is 13.2. The van der Waals surface area contributed by atoms with Crippen molar-refractivity contribution in [2.75, 3.05) is 0 Å². The van der Waals surface area contributed by atoms with E-state index in [2.05, 4.69) is 84.9 Å². The van der Waals surface area contributed by atoms with Crippen molar-refractivity contribution in [2.45, 2.75) is 5.41 Å². The van der Waals surface area contributed by atoms with E-state index in [0.717, 1.165) is 55.6 Å². The summed E-state index contributed by atoms with van der Waals surface area (Å²) >= 11 is 0. The molecule has 2 aromatic heterocycles. The van der Waals surface area contributed by atoms with Crippen LogP contribution in [-0.4, -0.2) is 15.0 Å². The second kappa shape index (κ2) is 16.2. The highest BCUT2D eigenvalue weighted by Gasteiger charge is 2.46. The zero-order chi connectivity index (χ0) is 50.2. The number of hydrogen-bond acceptors (Lipinski definition) is 4. The molecule has 10 aromatic carbocycles. The van der Waals surface area contributed by atoms with Crippen LogP contribution in [0.4, 0.5) is 0 Å². The molecule has 4 heteroatoms. The molecule has 318 valence electrons. The van der Waals surface area contributed by atoms with E-state index in [0.29, 0.717) is 28.3 Å². The zero-order valence-electron chi connectivity index (χ0n) is 42.5. The van der Waals surface area contributed by atoms with Crippen LogP contribution in [0, 0.1) is 0 Å². The van der Waals surface area contributed by atoms with E-state index in [-0.39, 0.29) is 75.1 Å². The van der Waals surface area contributed by atoms with Gasteiger partial charge < -0.3 is 4.42 Å². The van der Waals surface area contributed by atoms with Crippen LogP contribution in [0.3, 0.4) is 0 Å². The Hall–Kier alpha value is -8.99. The van der Waals surface area contributed by atoms with Gasteiger partial charge in [-0.3, -0.25) is 0 Å². The third kappa shape index (κ3) is 6.41. The number of aromatic nitrogens is 3. The standard InChI is InChI=1S/C64H41N3O/c1-5-19-42(20-6-1)44-23-17-24-45(39-44)61-65-62(46-35-37-53-52-31-15-16-33-56(52)64(57(53)40-46,48-25-9-3-10-26-48)49-27-11-4-12-28-49)67-63(66-61)47-36-38-55-59(41-47)68-58-34-18-32-54(60(55)58)51-30-14-13-29-50(51)43-21-7-2-8-22-43/h1-41H/i18D,32D,34D,36D,38D,41D. The Morgan fingerprint density at radius 3 is 1.60 bits per heavy atom. The Bertz CT molecular complexity index is 4170. The van der Waals surface area contributed by atoms with Gasteiger partial charge in [0.1, 0.15) is 11.2 Å². The van der Waals surface area contributed by atoms with Crippen LogP contribution in [0.5, 0.6) is 0 Å². The highest BCUT2D eigenvalue weighted by molar-refractivity contribution is 6.14. The van der Waals surface area contributed by atoms with E-state index in [1.807, 2.05) is 127 Å². The maximum atomic E-state index is 9.94. The lowest BCUT2D eigenvalue weighted by atomic mass is 9.67. The van der Waals surface area contributed by atoms with Gasteiger partial charge in [0.05, 0.1) is 13.6 Å². The zero-order valence-corrected chi connectivity index (χ0v) is 36.5. The summed E-state index contributed by atoms with van der Waals surface area (Å²) in [5.74, 6) is 0.583. The van der Waals surface area contributed by atoms with Gasteiger partial charge in [0.15, 0.2) is 17.5 Å². The molecule has 4 nitrogen and oxygen atoms in total. The normalized spacial score (nSPS) is 13.8. The largest absolute Gasteiger partial charge is 0.456 e. The molecule has 0 spiro atoms. The van der Waals surface area contributed by atoms with Gasteiger partial charge in [-0.15, -0.1) is 0 Å². The fourth-order valence-electron chi connectivity index (χ4n) is 10.1. The van der Waals surface area contributed by atoms with Crippen molar-refractivity contribution >= 4 is 21.9 Å². The molecule has 0 bridgehead atoms. The fourth-order valence-corrected chi connectivity index (χ4v) is 10.1. The van der Waals surface area contributed by atoms with Gasteiger partial charge in [-0.1, -0.05) is 218 Å². The topological polar surface area (TPSA) is 51.8 Å². The average molecular weight is 874 g/mol. The lowest BCUT2D eigenvalue weighted by Gasteiger charge is -2.34. The average Bonchev–Trinajstić information content (AvgIpc) is 4.02. The van der Waals surface area contributed by atoms with Crippen molar-refractivity contribution in [3.05, 3.63) is 271 Å². The van der Waals surface area contributed by atoms with Gasteiger partial charge in [0.25, 0.3) is 0 Å². The quantitative estimate of drug-likeness (QED) is 0.153. The van der Waals surface area contributed by atoms with Crippen LogP contribution < -0.4 is 0 Å². The highest BCUT2D eigenvalue weighted by atomic mass is 16.3. The predicted molar refractivity (Wildman–Crippen MR) is 277 cm³/mol. The Labute approximate surface area is 403 Å². The number of rotatable bonds is 8. The minimum absolute atomic E-state index is 0.00904. The van der Waals surface area contributed by atoms with Gasteiger partial charge >= 0.3 is 0 Å². The van der Waals surface area contributed by atoms with E-state index in [1.54, 1.807) is 0 Å². The second-order valence-corrected chi connectivity index (χ2v) is 17.0. The van der Waals surface area contributed by atoms with Crippen molar-refractivity contribution in [3.8, 4) is 78.7 Å². The molecule has 0 N–H and O–H groups in total. The van der Waals surface area contributed by atoms with Gasteiger partial charge in [-0.05, 0) is 97.0 Å². The maximum Gasteiger partial charge on any atom is 0.164 e. The minimum Gasteiger partial charge on any atom is -0.456 e. The molecule has 0 fully saturated rings. The van der Waals surface area contributed by atoms with Crippen molar-refractivity contribution in [1.29, 1.82) is 0 Å². The van der Waals surface area contributed by atoms with Crippen LogP contribution >= 0.6 is 0 Å². The maximum absolute atomic E-state index is 9.94. The molecule has 13 rings (SSSR count). The second-order valence-electron chi connectivity index (χ2n) is 17.0. The number of hydrogen-bond donors (Lipinski definition) is 0. The predicted octanol–water partition coefficient (Wildman–Crippen LogP) is 16.1. The Morgan fingerprint density at radius 1 is 0.353 bits per heavy atom. The molecule has 12 aromatic rings. The lowest BCUT2D eigenvalue weighted by Crippen LogP contribution is -2.28. The number of nitrogens with zero attached hydrogens (tertiary/aromatic N) is 3. The molecule has 0 atom stereocenters. The van der Waals surface area contributed by atoms with Crippen LogP contribution in [0.2, 0.25) is 0 Å². The molecular formula is C64H41N3O. The van der Waals surface area contributed by atoms with Crippen LogP contribution in [0.1, 0.15) is 30.5 Å². The van der Waals surface area contributed by atoms with Gasteiger partial charge in [-0.25, -0.2) is 15.0 Å². The Morgan fingerprint density at radius 2 is 0.897 bits per heavy atom. The summed E-state index contributed by atoms with van der Waals surface area (Å²) in [6, 6.07) is 69.2. The minimum atomic E-state index is -0.711. The fraction of sp³-hybridized carbons (Fsp3) is 0.0156. The molecule has 0 aliphatic heterocycles. The molecule has 0 saturated carbocycles. The van der Waals surface area contributed by atoms with Crippen molar-refractivity contribution in [1.82, 2.24) is 15.0 Å². The Balaban J connectivity index is 1.07. The molecule has 0 saturated heterocycles. The molecule has 1 aliphatic rings. The van der Waals surface area contributed by atoms with E-state index < -0.39 is 5.41 Å². The monoisotopic (exact) mass is 873 g/mol. The summed E-state index contributed by atoms with van der Waals surface area (Å²) in [5.41, 5.74) is 11.5. The van der Waals surface area contributed by atoms with Gasteiger partial charge in [-0.2, -0.15) is 0 Å². The first-order valence-electron chi connectivity index (χ1n) is 25.6. The summed E-state index contributed by atoms with van der Waals surface area (Å²) in [4.78, 5) is 15.4. The summed E-state index contributed by atoms with van der Waals surface area (Å²) < 4.78 is 63.4. The SMILES string of the molecule is [2H]c1c([2H])c(-c2ccccc2-c2ccccc2)c2c(oc3c([2H])c(-c4nc(-c5cccc(-c6ccccc6)c5)nc(-c5ccc6c(c5)C(c5ccccc5)(c5ccccc5)c5ccccc5-6)n4)c([2H])c([2H])c32)c1[2H].